The molecule has 7 nitrogen and oxygen atoms in total. The zero-order valence-corrected chi connectivity index (χ0v) is 15.5. The summed E-state index contributed by atoms with van der Waals surface area (Å²) in [4.78, 5) is 4.37. The van der Waals surface area contributed by atoms with E-state index < -0.39 is 9.84 Å². The van der Waals surface area contributed by atoms with Gasteiger partial charge in [0, 0.05) is 11.6 Å². The summed E-state index contributed by atoms with van der Waals surface area (Å²) in [6, 6.07) is 11.9. The summed E-state index contributed by atoms with van der Waals surface area (Å²) >= 11 is 0. The lowest BCUT2D eigenvalue weighted by molar-refractivity contribution is 0.419. The lowest BCUT2D eigenvalue weighted by atomic mass is 10.2. The second kappa shape index (κ2) is 6.55. The summed E-state index contributed by atoms with van der Waals surface area (Å²) in [7, 11) is -0.701. The predicted octanol–water partition coefficient (Wildman–Crippen LogP) is 3.37. The Balaban J connectivity index is 1.86. The fourth-order valence-corrected chi connectivity index (χ4v) is 4.56. The average molecular weight is 384 g/mol. The summed E-state index contributed by atoms with van der Waals surface area (Å²) in [6.45, 7) is 0. The Kier molecular flexibility index (Phi) is 4.19. The van der Waals surface area contributed by atoms with E-state index in [2.05, 4.69) is 10.1 Å². The lowest BCUT2D eigenvalue weighted by Gasteiger charge is -2.09. The molecule has 4 aromatic rings. The van der Waals surface area contributed by atoms with Crippen molar-refractivity contribution >= 4 is 31.7 Å². The van der Waals surface area contributed by atoms with Gasteiger partial charge in [-0.3, -0.25) is 4.98 Å². The molecule has 2 aromatic carbocycles. The molecule has 0 saturated carbocycles. The first-order chi connectivity index (χ1) is 13.0. The predicted molar refractivity (Wildman–Crippen MR) is 99.7 cm³/mol. The molecule has 0 N–H and O–H groups in total. The number of pyridine rings is 1. The van der Waals surface area contributed by atoms with Crippen LogP contribution in [0.15, 0.2) is 58.1 Å². The Bertz CT molecular complexity index is 1250. The standard InChI is InChI=1S/C19H16N2O5S/c1-24-14-9-10-20-19-12(14)5-3-8-17(19)27(22,23)11-13-18-15(25-2)6-4-7-16(18)26-21-13/h3-10H,11H2,1-2H3. The summed E-state index contributed by atoms with van der Waals surface area (Å²) in [5.41, 5.74) is 1.12. The number of rotatable bonds is 5. The monoisotopic (exact) mass is 384 g/mol. The van der Waals surface area contributed by atoms with E-state index >= 15 is 0 Å². The molecule has 27 heavy (non-hydrogen) atoms. The number of sulfone groups is 1. The van der Waals surface area contributed by atoms with Gasteiger partial charge in [-0.25, -0.2) is 8.42 Å². The molecule has 2 aromatic heterocycles. The van der Waals surface area contributed by atoms with Crippen LogP contribution in [0.5, 0.6) is 11.5 Å². The van der Waals surface area contributed by atoms with Crippen molar-refractivity contribution in [3.8, 4) is 11.5 Å². The van der Waals surface area contributed by atoms with Gasteiger partial charge in [-0.1, -0.05) is 17.3 Å². The smallest absolute Gasteiger partial charge is 0.186 e. The van der Waals surface area contributed by atoms with Crippen LogP contribution in [0.1, 0.15) is 5.69 Å². The molecule has 0 bridgehead atoms. The molecule has 4 rings (SSSR count). The number of fused-ring (bicyclic) bond motifs is 2. The van der Waals surface area contributed by atoms with Gasteiger partial charge in [0.05, 0.1) is 30.0 Å². The molecular weight excluding hydrogens is 368 g/mol. The molecule has 0 atom stereocenters. The Morgan fingerprint density at radius 3 is 2.56 bits per heavy atom. The van der Waals surface area contributed by atoms with Crippen molar-refractivity contribution < 1.29 is 22.4 Å². The molecule has 0 amide bonds. The van der Waals surface area contributed by atoms with Crippen molar-refractivity contribution in [1.29, 1.82) is 0 Å². The molecule has 8 heteroatoms. The highest BCUT2D eigenvalue weighted by atomic mass is 32.2. The Morgan fingerprint density at radius 2 is 1.78 bits per heavy atom. The van der Waals surface area contributed by atoms with Gasteiger partial charge in [0.25, 0.3) is 0 Å². The third-order valence-corrected chi connectivity index (χ3v) is 5.98. The van der Waals surface area contributed by atoms with Crippen molar-refractivity contribution in [3.05, 3.63) is 54.4 Å². The maximum atomic E-state index is 13.2. The minimum atomic E-state index is -3.75. The Morgan fingerprint density at radius 1 is 1.00 bits per heavy atom. The van der Waals surface area contributed by atoms with Crippen LogP contribution in [0.2, 0.25) is 0 Å². The summed E-state index contributed by atoms with van der Waals surface area (Å²) < 4.78 is 42.2. The van der Waals surface area contributed by atoms with Crippen LogP contribution in [-0.2, 0) is 15.6 Å². The van der Waals surface area contributed by atoms with Crippen LogP contribution in [0.4, 0.5) is 0 Å². The normalized spacial score (nSPS) is 11.8. The van der Waals surface area contributed by atoms with Crippen LogP contribution in [0.3, 0.4) is 0 Å². The third-order valence-electron chi connectivity index (χ3n) is 4.33. The molecule has 0 aliphatic carbocycles. The van der Waals surface area contributed by atoms with Crippen LogP contribution in [0, 0.1) is 0 Å². The SMILES string of the molecule is COc1ccnc2c(S(=O)(=O)Cc3noc4cccc(OC)c34)cccc12. The van der Waals surface area contributed by atoms with Gasteiger partial charge in [-0.2, -0.15) is 0 Å². The van der Waals surface area contributed by atoms with Gasteiger partial charge >= 0.3 is 0 Å². The van der Waals surface area contributed by atoms with Gasteiger partial charge in [0.1, 0.15) is 22.9 Å². The minimum absolute atomic E-state index is 0.116. The third kappa shape index (κ3) is 2.87. The second-order valence-electron chi connectivity index (χ2n) is 5.89. The number of nitrogens with zero attached hydrogens (tertiary/aromatic N) is 2. The first-order valence-electron chi connectivity index (χ1n) is 8.11. The topological polar surface area (TPSA) is 91.5 Å². The van der Waals surface area contributed by atoms with E-state index in [0.29, 0.717) is 39.1 Å². The Hall–Kier alpha value is -3.13. The number of ether oxygens (including phenoxy) is 2. The van der Waals surface area contributed by atoms with Crippen LogP contribution in [0.25, 0.3) is 21.9 Å². The molecule has 0 aliphatic rings. The van der Waals surface area contributed by atoms with E-state index in [1.165, 1.54) is 26.5 Å². The number of hydrogen-bond donors (Lipinski definition) is 0. The Labute approximate surface area is 155 Å². The molecule has 0 fully saturated rings. The molecule has 138 valence electrons. The number of benzene rings is 2. The maximum absolute atomic E-state index is 13.2. The van der Waals surface area contributed by atoms with Crippen molar-refractivity contribution in [2.45, 2.75) is 10.6 Å². The largest absolute Gasteiger partial charge is 0.496 e. The van der Waals surface area contributed by atoms with E-state index in [1.807, 2.05) is 0 Å². The van der Waals surface area contributed by atoms with Crippen molar-refractivity contribution in [2.24, 2.45) is 0 Å². The molecule has 0 radical (unpaired) electrons. The van der Waals surface area contributed by atoms with E-state index in [1.54, 1.807) is 36.4 Å². The fraction of sp³-hybridized carbons (Fsp3) is 0.158. The molecule has 0 unspecified atom stereocenters. The quantitative estimate of drug-likeness (QED) is 0.521. The first-order valence-corrected chi connectivity index (χ1v) is 9.76. The van der Waals surface area contributed by atoms with Crippen LogP contribution in [-0.4, -0.2) is 32.8 Å². The molecular formula is C19H16N2O5S. The summed E-state index contributed by atoms with van der Waals surface area (Å²) in [6.07, 6.45) is 1.52. The van der Waals surface area contributed by atoms with Gasteiger partial charge in [-0.05, 0) is 30.3 Å². The second-order valence-corrected chi connectivity index (χ2v) is 7.85. The average Bonchev–Trinajstić information content (AvgIpc) is 3.09. The summed E-state index contributed by atoms with van der Waals surface area (Å²) in [5.74, 6) is 0.737. The molecule has 0 saturated heterocycles. The highest BCUT2D eigenvalue weighted by Crippen LogP contribution is 2.33. The maximum Gasteiger partial charge on any atom is 0.186 e. The van der Waals surface area contributed by atoms with Crippen molar-refractivity contribution in [3.63, 3.8) is 0 Å². The van der Waals surface area contributed by atoms with E-state index in [4.69, 9.17) is 14.0 Å². The van der Waals surface area contributed by atoms with Gasteiger partial charge in [0.15, 0.2) is 15.4 Å². The number of hydrogen-bond acceptors (Lipinski definition) is 7. The zero-order valence-electron chi connectivity index (χ0n) is 14.7. The fourth-order valence-electron chi connectivity index (χ4n) is 3.10. The minimum Gasteiger partial charge on any atom is -0.496 e. The van der Waals surface area contributed by atoms with E-state index in [0.717, 1.165) is 0 Å². The van der Waals surface area contributed by atoms with Gasteiger partial charge in [-0.15, -0.1) is 0 Å². The van der Waals surface area contributed by atoms with Crippen LogP contribution < -0.4 is 9.47 Å². The number of para-hydroxylation sites is 1. The number of aromatic nitrogens is 2. The molecule has 2 heterocycles. The van der Waals surface area contributed by atoms with Crippen molar-refractivity contribution in [1.82, 2.24) is 10.1 Å². The number of methoxy groups -OCH3 is 2. The summed E-state index contributed by atoms with van der Waals surface area (Å²) in [5, 5.41) is 5.13. The highest BCUT2D eigenvalue weighted by Gasteiger charge is 2.24. The highest BCUT2D eigenvalue weighted by molar-refractivity contribution is 7.90. The molecule has 0 spiro atoms. The van der Waals surface area contributed by atoms with Crippen molar-refractivity contribution in [2.75, 3.05) is 14.2 Å². The first kappa shape index (κ1) is 17.3. The van der Waals surface area contributed by atoms with E-state index in [9.17, 15) is 8.42 Å². The van der Waals surface area contributed by atoms with E-state index in [-0.39, 0.29) is 10.6 Å². The molecule has 0 aliphatic heterocycles. The van der Waals surface area contributed by atoms with Gasteiger partial charge < -0.3 is 14.0 Å². The van der Waals surface area contributed by atoms with Crippen LogP contribution >= 0.6 is 0 Å². The lowest BCUT2D eigenvalue weighted by Crippen LogP contribution is -2.07. The van der Waals surface area contributed by atoms with Gasteiger partial charge in [0.2, 0.25) is 0 Å². The zero-order chi connectivity index (χ0) is 19.0.